The van der Waals surface area contributed by atoms with E-state index in [1.165, 1.54) is 22.3 Å². The van der Waals surface area contributed by atoms with E-state index in [1.54, 1.807) is 0 Å². The SMILES string of the molecule is c1ccc(-c2cc(-c3ccccc3-c3ccc4c(c3)C3(c5ccccc5O4)c4ccccc4-c4ccccc43)nc(-c3ccc4c(c3)oc3ccccc34)n2)cc1. The van der Waals surface area contributed by atoms with Crippen molar-refractivity contribution in [3.05, 3.63) is 216 Å². The van der Waals surface area contributed by atoms with Crippen LogP contribution in [0.4, 0.5) is 0 Å². The summed E-state index contributed by atoms with van der Waals surface area (Å²) < 4.78 is 13.1. The van der Waals surface area contributed by atoms with E-state index in [0.717, 1.165) is 83.8 Å². The summed E-state index contributed by atoms with van der Waals surface area (Å²) in [6.07, 6.45) is 0. The first kappa shape index (κ1) is 31.8. The molecule has 12 rings (SSSR count). The molecular weight excluding hydrogens is 697 g/mol. The zero-order valence-corrected chi connectivity index (χ0v) is 30.7. The Morgan fingerprint density at radius 2 is 0.947 bits per heavy atom. The quantitative estimate of drug-likeness (QED) is 0.181. The Morgan fingerprint density at radius 1 is 0.351 bits per heavy atom. The van der Waals surface area contributed by atoms with E-state index < -0.39 is 5.41 Å². The molecule has 8 aromatic carbocycles. The fourth-order valence-electron chi connectivity index (χ4n) is 9.32. The minimum atomic E-state index is -0.555. The van der Waals surface area contributed by atoms with E-state index in [9.17, 15) is 0 Å². The largest absolute Gasteiger partial charge is 0.457 e. The van der Waals surface area contributed by atoms with Crippen molar-refractivity contribution in [2.75, 3.05) is 0 Å². The van der Waals surface area contributed by atoms with Crippen LogP contribution in [0.5, 0.6) is 11.5 Å². The first-order chi connectivity index (χ1) is 28.2. The molecule has 0 saturated carbocycles. The normalized spacial score (nSPS) is 13.2. The summed E-state index contributed by atoms with van der Waals surface area (Å²) in [6.45, 7) is 0. The molecule has 2 aliphatic rings. The van der Waals surface area contributed by atoms with Crippen LogP contribution in [0.15, 0.2) is 199 Å². The van der Waals surface area contributed by atoms with Crippen LogP contribution in [0.2, 0.25) is 0 Å². The molecule has 0 bridgehead atoms. The summed E-state index contributed by atoms with van der Waals surface area (Å²) in [5.74, 6) is 2.38. The lowest BCUT2D eigenvalue weighted by molar-refractivity contribution is 0.436. The zero-order chi connectivity index (χ0) is 37.5. The Kier molecular flexibility index (Phi) is 6.81. The molecule has 266 valence electrons. The van der Waals surface area contributed by atoms with Crippen molar-refractivity contribution < 1.29 is 9.15 Å². The van der Waals surface area contributed by atoms with Crippen molar-refractivity contribution in [1.82, 2.24) is 9.97 Å². The molecule has 1 aliphatic heterocycles. The van der Waals surface area contributed by atoms with Crippen LogP contribution in [-0.4, -0.2) is 9.97 Å². The summed E-state index contributed by atoms with van der Waals surface area (Å²) in [7, 11) is 0. The standard InChI is InChI=1S/C53H32N2O2/c1-2-14-33(15-3-1)46-32-47(55-52(54-46)35-26-28-41-40-20-8-12-24-48(40)56-51(41)31-35)39-19-5-4-16-36(39)34-27-29-50-45(30-34)53(44-23-11-13-25-49(44)57-50)42-21-9-6-17-37(42)38-18-7-10-22-43(38)53/h1-32H. The van der Waals surface area contributed by atoms with Crippen molar-refractivity contribution in [2.45, 2.75) is 5.41 Å². The summed E-state index contributed by atoms with van der Waals surface area (Å²) in [5, 5.41) is 2.17. The molecule has 0 fully saturated rings. The van der Waals surface area contributed by atoms with E-state index in [4.69, 9.17) is 19.1 Å². The molecule has 0 atom stereocenters. The highest BCUT2D eigenvalue weighted by Gasteiger charge is 2.51. The van der Waals surface area contributed by atoms with Gasteiger partial charge in [0.2, 0.25) is 0 Å². The number of para-hydroxylation sites is 2. The number of rotatable bonds is 4. The Hall–Kier alpha value is -7.56. The van der Waals surface area contributed by atoms with E-state index in [0.29, 0.717) is 5.82 Å². The molecule has 1 spiro atoms. The van der Waals surface area contributed by atoms with Crippen LogP contribution in [0, 0.1) is 0 Å². The van der Waals surface area contributed by atoms with E-state index in [1.807, 2.05) is 36.4 Å². The van der Waals surface area contributed by atoms with Gasteiger partial charge in [0.05, 0.1) is 16.8 Å². The summed E-state index contributed by atoms with van der Waals surface area (Å²) in [5.41, 5.74) is 15.2. The molecule has 0 N–H and O–H groups in total. The second-order valence-corrected chi connectivity index (χ2v) is 14.8. The van der Waals surface area contributed by atoms with Crippen LogP contribution in [0.25, 0.3) is 78.1 Å². The summed E-state index contributed by atoms with van der Waals surface area (Å²) in [6, 6.07) is 68.3. The number of hydrogen-bond acceptors (Lipinski definition) is 4. The average molecular weight is 729 g/mol. The second-order valence-electron chi connectivity index (χ2n) is 14.8. The van der Waals surface area contributed by atoms with Crippen molar-refractivity contribution in [3.8, 4) is 67.7 Å². The van der Waals surface area contributed by atoms with Crippen molar-refractivity contribution in [2.24, 2.45) is 0 Å². The minimum absolute atomic E-state index is 0.555. The van der Waals surface area contributed by atoms with Gasteiger partial charge in [-0.3, -0.25) is 0 Å². The zero-order valence-electron chi connectivity index (χ0n) is 30.7. The molecule has 57 heavy (non-hydrogen) atoms. The molecule has 10 aromatic rings. The van der Waals surface area contributed by atoms with Gasteiger partial charge >= 0.3 is 0 Å². The van der Waals surface area contributed by atoms with Gasteiger partial charge in [-0.25, -0.2) is 9.97 Å². The molecule has 0 saturated heterocycles. The van der Waals surface area contributed by atoms with Crippen molar-refractivity contribution in [3.63, 3.8) is 0 Å². The van der Waals surface area contributed by atoms with Gasteiger partial charge in [-0.15, -0.1) is 0 Å². The van der Waals surface area contributed by atoms with Crippen LogP contribution >= 0.6 is 0 Å². The van der Waals surface area contributed by atoms with Gasteiger partial charge in [0.25, 0.3) is 0 Å². The van der Waals surface area contributed by atoms with E-state index >= 15 is 0 Å². The maximum Gasteiger partial charge on any atom is 0.160 e. The third-order valence-corrected chi connectivity index (χ3v) is 11.8. The van der Waals surface area contributed by atoms with Crippen LogP contribution in [0.3, 0.4) is 0 Å². The molecule has 0 unspecified atom stereocenters. The lowest BCUT2D eigenvalue weighted by Crippen LogP contribution is -2.32. The molecule has 3 heterocycles. The van der Waals surface area contributed by atoms with Gasteiger partial charge in [-0.2, -0.15) is 0 Å². The predicted molar refractivity (Wildman–Crippen MR) is 228 cm³/mol. The van der Waals surface area contributed by atoms with E-state index in [-0.39, 0.29) is 0 Å². The number of fused-ring (bicyclic) bond motifs is 12. The topological polar surface area (TPSA) is 48.2 Å². The molecule has 2 aromatic heterocycles. The summed E-state index contributed by atoms with van der Waals surface area (Å²) in [4.78, 5) is 10.5. The Labute approximate surface area is 329 Å². The van der Waals surface area contributed by atoms with Crippen LogP contribution in [0.1, 0.15) is 22.3 Å². The smallest absolute Gasteiger partial charge is 0.160 e. The van der Waals surface area contributed by atoms with Gasteiger partial charge in [0.15, 0.2) is 5.82 Å². The molecule has 4 nitrogen and oxygen atoms in total. The van der Waals surface area contributed by atoms with Crippen molar-refractivity contribution in [1.29, 1.82) is 0 Å². The van der Waals surface area contributed by atoms with Crippen LogP contribution in [-0.2, 0) is 5.41 Å². The number of furan rings is 1. The number of benzene rings is 8. The highest BCUT2D eigenvalue weighted by atomic mass is 16.5. The molecule has 0 radical (unpaired) electrons. The van der Waals surface area contributed by atoms with Crippen LogP contribution < -0.4 is 4.74 Å². The Morgan fingerprint density at radius 3 is 1.75 bits per heavy atom. The lowest BCUT2D eigenvalue weighted by Gasteiger charge is -2.39. The number of nitrogens with zero attached hydrogens (tertiary/aromatic N) is 2. The first-order valence-corrected chi connectivity index (χ1v) is 19.3. The lowest BCUT2D eigenvalue weighted by atomic mass is 9.65. The third kappa shape index (κ3) is 4.68. The second kappa shape index (κ2) is 12.2. The highest BCUT2D eigenvalue weighted by molar-refractivity contribution is 6.05. The van der Waals surface area contributed by atoms with Gasteiger partial charge in [0, 0.05) is 38.6 Å². The maximum atomic E-state index is 6.75. The van der Waals surface area contributed by atoms with Gasteiger partial charge < -0.3 is 9.15 Å². The fraction of sp³-hybridized carbons (Fsp3) is 0.0189. The first-order valence-electron chi connectivity index (χ1n) is 19.3. The molecule has 1 aliphatic carbocycles. The average Bonchev–Trinajstić information content (AvgIpc) is 3.80. The van der Waals surface area contributed by atoms with Gasteiger partial charge in [-0.1, -0.05) is 152 Å². The highest BCUT2D eigenvalue weighted by Crippen LogP contribution is 2.62. The number of hydrogen-bond donors (Lipinski definition) is 0. The monoisotopic (exact) mass is 728 g/mol. The number of aromatic nitrogens is 2. The van der Waals surface area contributed by atoms with Crippen molar-refractivity contribution >= 4 is 21.9 Å². The minimum Gasteiger partial charge on any atom is -0.457 e. The maximum absolute atomic E-state index is 6.75. The predicted octanol–water partition coefficient (Wildman–Crippen LogP) is 13.5. The Bertz CT molecular complexity index is 3190. The molecule has 4 heteroatoms. The third-order valence-electron chi connectivity index (χ3n) is 11.8. The van der Waals surface area contributed by atoms with E-state index in [2.05, 4.69) is 158 Å². The van der Waals surface area contributed by atoms with Gasteiger partial charge in [0.1, 0.15) is 22.7 Å². The Balaban J connectivity index is 1.07. The number of ether oxygens (including phenoxy) is 1. The summed E-state index contributed by atoms with van der Waals surface area (Å²) >= 11 is 0. The molecule has 0 amide bonds. The van der Waals surface area contributed by atoms with Gasteiger partial charge in [-0.05, 0) is 75.8 Å². The molecular formula is C53H32N2O2. The fourth-order valence-corrected chi connectivity index (χ4v) is 9.32.